The van der Waals surface area contributed by atoms with Crippen molar-refractivity contribution in [1.29, 1.82) is 0 Å². The van der Waals surface area contributed by atoms with Crippen LogP contribution in [0, 0.1) is 17.8 Å². The van der Waals surface area contributed by atoms with Gasteiger partial charge in [0.05, 0.1) is 0 Å². The van der Waals surface area contributed by atoms with Crippen LogP contribution in [0.25, 0.3) is 0 Å². The van der Waals surface area contributed by atoms with Crippen molar-refractivity contribution < 1.29 is 0 Å². The molecule has 0 amide bonds. The van der Waals surface area contributed by atoms with Gasteiger partial charge in [0.2, 0.25) is 0 Å². The van der Waals surface area contributed by atoms with E-state index in [0.29, 0.717) is 0 Å². The zero-order valence-corrected chi connectivity index (χ0v) is 9.13. The number of fused-ring (bicyclic) bond motifs is 2. The molecule has 14 heavy (non-hydrogen) atoms. The lowest BCUT2D eigenvalue weighted by Gasteiger charge is -2.36. The van der Waals surface area contributed by atoms with Gasteiger partial charge in [-0.15, -0.1) is 0 Å². The summed E-state index contributed by atoms with van der Waals surface area (Å²) >= 11 is 0. The van der Waals surface area contributed by atoms with E-state index in [2.05, 4.69) is 17.6 Å². The van der Waals surface area contributed by atoms with Gasteiger partial charge < -0.3 is 10.6 Å². The molecule has 2 saturated carbocycles. The molecule has 4 atom stereocenters. The van der Waals surface area contributed by atoms with Crippen LogP contribution in [-0.2, 0) is 0 Å². The largest absolute Gasteiger partial charge is 0.314 e. The van der Waals surface area contributed by atoms with E-state index in [1.807, 2.05) is 0 Å². The van der Waals surface area contributed by atoms with E-state index in [0.717, 1.165) is 29.8 Å². The summed E-state index contributed by atoms with van der Waals surface area (Å²) in [6, 6.07) is 1.53. The highest BCUT2D eigenvalue weighted by molar-refractivity contribution is 4.96. The van der Waals surface area contributed by atoms with Gasteiger partial charge in [-0.05, 0) is 43.9 Å². The van der Waals surface area contributed by atoms with Crippen LogP contribution in [0.1, 0.15) is 32.6 Å². The van der Waals surface area contributed by atoms with Crippen molar-refractivity contribution in [1.82, 2.24) is 10.6 Å². The molecule has 3 aliphatic rings. The van der Waals surface area contributed by atoms with Gasteiger partial charge in [-0.25, -0.2) is 0 Å². The van der Waals surface area contributed by atoms with E-state index in [1.165, 1.54) is 32.4 Å². The average molecular weight is 194 g/mol. The molecule has 3 fully saturated rings. The lowest BCUT2D eigenvalue weighted by atomic mass is 9.83. The maximum Gasteiger partial charge on any atom is 0.0319 e. The Balaban J connectivity index is 1.54. The molecule has 0 radical (unpaired) electrons. The zero-order chi connectivity index (χ0) is 9.54. The van der Waals surface area contributed by atoms with Gasteiger partial charge in [-0.2, -0.15) is 0 Å². The first kappa shape index (κ1) is 9.17. The van der Waals surface area contributed by atoms with Gasteiger partial charge >= 0.3 is 0 Å². The number of rotatable bonds is 3. The highest BCUT2D eigenvalue weighted by atomic mass is 15.1. The second-order valence-electron chi connectivity index (χ2n) is 5.65. The number of hydrogen-bond donors (Lipinski definition) is 2. The summed E-state index contributed by atoms with van der Waals surface area (Å²) in [5.41, 5.74) is 0. The lowest BCUT2D eigenvalue weighted by Crippen LogP contribution is -2.58. The SMILES string of the molecule is CC(NC1CNC1)C1CC2CCC1C2. The van der Waals surface area contributed by atoms with Crippen molar-refractivity contribution >= 4 is 0 Å². The summed E-state index contributed by atoms with van der Waals surface area (Å²) in [5, 5.41) is 7.11. The minimum absolute atomic E-state index is 0.761. The third-order valence-corrected chi connectivity index (χ3v) is 4.72. The summed E-state index contributed by atoms with van der Waals surface area (Å²) in [6.07, 6.45) is 6.10. The fourth-order valence-electron chi connectivity index (χ4n) is 3.81. The molecule has 0 aromatic heterocycles. The Labute approximate surface area is 86.8 Å². The Morgan fingerprint density at radius 3 is 2.57 bits per heavy atom. The van der Waals surface area contributed by atoms with Crippen LogP contribution < -0.4 is 10.6 Å². The molecular formula is C12H22N2. The van der Waals surface area contributed by atoms with E-state index in [4.69, 9.17) is 0 Å². The van der Waals surface area contributed by atoms with E-state index in [-0.39, 0.29) is 0 Å². The Hall–Kier alpha value is -0.0800. The summed E-state index contributed by atoms with van der Waals surface area (Å²) in [4.78, 5) is 0. The van der Waals surface area contributed by atoms with Crippen molar-refractivity contribution in [3.05, 3.63) is 0 Å². The molecule has 1 heterocycles. The first-order valence-electron chi connectivity index (χ1n) is 6.29. The van der Waals surface area contributed by atoms with E-state index in [1.54, 1.807) is 6.42 Å². The molecule has 2 bridgehead atoms. The molecule has 3 rings (SSSR count). The molecule has 2 N–H and O–H groups in total. The highest BCUT2D eigenvalue weighted by Gasteiger charge is 2.42. The van der Waals surface area contributed by atoms with Crippen LogP contribution in [-0.4, -0.2) is 25.2 Å². The second kappa shape index (κ2) is 3.49. The van der Waals surface area contributed by atoms with Crippen molar-refractivity contribution in [3.8, 4) is 0 Å². The van der Waals surface area contributed by atoms with Gasteiger partial charge in [-0.3, -0.25) is 0 Å². The molecule has 1 saturated heterocycles. The Bertz CT molecular complexity index is 212. The average Bonchev–Trinajstić information content (AvgIpc) is 2.71. The number of nitrogens with one attached hydrogen (secondary N) is 2. The summed E-state index contributed by atoms with van der Waals surface area (Å²) in [5.74, 6) is 3.15. The van der Waals surface area contributed by atoms with Crippen LogP contribution in [0.2, 0.25) is 0 Å². The van der Waals surface area contributed by atoms with Crippen molar-refractivity contribution in [2.24, 2.45) is 17.8 Å². The monoisotopic (exact) mass is 194 g/mol. The van der Waals surface area contributed by atoms with Gasteiger partial charge in [-0.1, -0.05) is 6.42 Å². The summed E-state index contributed by atoms with van der Waals surface area (Å²) in [7, 11) is 0. The van der Waals surface area contributed by atoms with Crippen molar-refractivity contribution in [2.45, 2.75) is 44.7 Å². The smallest absolute Gasteiger partial charge is 0.0319 e. The molecule has 2 nitrogen and oxygen atoms in total. The molecule has 2 aliphatic carbocycles. The molecular weight excluding hydrogens is 172 g/mol. The Morgan fingerprint density at radius 2 is 2.07 bits per heavy atom. The molecule has 0 aromatic carbocycles. The van der Waals surface area contributed by atoms with Crippen molar-refractivity contribution in [2.75, 3.05) is 13.1 Å². The van der Waals surface area contributed by atoms with Gasteiger partial charge in [0.1, 0.15) is 0 Å². The Morgan fingerprint density at radius 1 is 1.21 bits per heavy atom. The highest BCUT2D eigenvalue weighted by Crippen LogP contribution is 2.49. The van der Waals surface area contributed by atoms with Crippen LogP contribution in [0.15, 0.2) is 0 Å². The Kier molecular flexibility index (Phi) is 2.29. The molecule has 80 valence electrons. The fraction of sp³-hybridized carbons (Fsp3) is 1.00. The number of hydrogen-bond acceptors (Lipinski definition) is 2. The van der Waals surface area contributed by atoms with Crippen LogP contribution >= 0.6 is 0 Å². The standard InChI is InChI=1S/C12H22N2/c1-8(14-11-6-13-7-11)12-5-9-2-3-10(12)4-9/h8-14H,2-7H2,1H3. The predicted molar refractivity (Wildman–Crippen MR) is 58.2 cm³/mol. The third kappa shape index (κ3) is 1.49. The molecule has 1 aliphatic heterocycles. The van der Waals surface area contributed by atoms with Crippen LogP contribution in [0.4, 0.5) is 0 Å². The molecule has 4 unspecified atom stereocenters. The maximum absolute atomic E-state index is 3.78. The van der Waals surface area contributed by atoms with Crippen LogP contribution in [0.5, 0.6) is 0 Å². The summed E-state index contributed by atoms with van der Waals surface area (Å²) < 4.78 is 0. The third-order valence-electron chi connectivity index (χ3n) is 4.72. The molecule has 0 aromatic rings. The van der Waals surface area contributed by atoms with Gasteiger partial charge in [0, 0.05) is 25.2 Å². The summed E-state index contributed by atoms with van der Waals surface area (Å²) in [6.45, 7) is 4.78. The van der Waals surface area contributed by atoms with Gasteiger partial charge in [0.15, 0.2) is 0 Å². The topological polar surface area (TPSA) is 24.1 Å². The van der Waals surface area contributed by atoms with E-state index >= 15 is 0 Å². The second-order valence-corrected chi connectivity index (χ2v) is 5.65. The maximum atomic E-state index is 3.78. The fourth-order valence-corrected chi connectivity index (χ4v) is 3.81. The van der Waals surface area contributed by atoms with Crippen molar-refractivity contribution in [3.63, 3.8) is 0 Å². The molecule has 0 spiro atoms. The minimum atomic E-state index is 0.761. The zero-order valence-electron chi connectivity index (χ0n) is 9.13. The normalized spacial score (nSPS) is 43.9. The first-order chi connectivity index (χ1) is 6.83. The minimum Gasteiger partial charge on any atom is -0.314 e. The van der Waals surface area contributed by atoms with Crippen LogP contribution in [0.3, 0.4) is 0 Å². The lowest BCUT2D eigenvalue weighted by molar-refractivity contribution is 0.224. The van der Waals surface area contributed by atoms with E-state index < -0.39 is 0 Å². The first-order valence-corrected chi connectivity index (χ1v) is 6.29. The quantitative estimate of drug-likeness (QED) is 0.709. The predicted octanol–water partition coefficient (Wildman–Crippen LogP) is 1.37. The van der Waals surface area contributed by atoms with Gasteiger partial charge in [0.25, 0.3) is 0 Å². The van der Waals surface area contributed by atoms with E-state index in [9.17, 15) is 0 Å². The molecule has 2 heteroatoms.